The molecule has 1 saturated carbocycles. The Morgan fingerprint density at radius 1 is 1.25 bits per heavy atom. The van der Waals surface area contributed by atoms with Crippen LogP contribution in [0.25, 0.3) is 0 Å². The predicted octanol–water partition coefficient (Wildman–Crippen LogP) is 2.74. The SMILES string of the molecule is CC(C)OCCCNC(=O)C1CCC(=O)N(CC2CCCCC2)C1. The minimum absolute atomic E-state index is 0.0442. The molecule has 5 heteroatoms. The van der Waals surface area contributed by atoms with Crippen LogP contribution in [-0.2, 0) is 14.3 Å². The second kappa shape index (κ2) is 10.0. The van der Waals surface area contributed by atoms with Gasteiger partial charge in [0.15, 0.2) is 0 Å². The van der Waals surface area contributed by atoms with Gasteiger partial charge in [0.25, 0.3) is 0 Å². The molecule has 5 nitrogen and oxygen atoms in total. The number of carbonyl (C=O) groups excluding carboxylic acids is 2. The zero-order valence-corrected chi connectivity index (χ0v) is 15.4. The van der Waals surface area contributed by atoms with Gasteiger partial charge in [-0.15, -0.1) is 0 Å². The highest BCUT2D eigenvalue weighted by molar-refractivity contribution is 5.83. The Hall–Kier alpha value is -1.10. The number of nitrogens with zero attached hydrogens (tertiary/aromatic N) is 1. The van der Waals surface area contributed by atoms with Crippen molar-refractivity contribution in [2.75, 3.05) is 26.2 Å². The predicted molar refractivity (Wildman–Crippen MR) is 94.6 cm³/mol. The van der Waals surface area contributed by atoms with Crippen molar-refractivity contribution in [2.24, 2.45) is 11.8 Å². The maximum absolute atomic E-state index is 12.3. The zero-order chi connectivity index (χ0) is 17.4. The molecule has 1 atom stereocenters. The van der Waals surface area contributed by atoms with Crippen LogP contribution in [0.5, 0.6) is 0 Å². The lowest BCUT2D eigenvalue weighted by Gasteiger charge is -2.35. The van der Waals surface area contributed by atoms with Gasteiger partial charge in [0.05, 0.1) is 12.0 Å². The number of piperidine rings is 1. The van der Waals surface area contributed by atoms with Gasteiger partial charge in [0.2, 0.25) is 11.8 Å². The van der Waals surface area contributed by atoms with Crippen LogP contribution in [-0.4, -0.2) is 49.1 Å². The first-order valence-electron chi connectivity index (χ1n) is 9.73. The minimum atomic E-state index is -0.0442. The van der Waals surface area contributed by atoms with Gasteiger partial charge in [-0.3, -0.25) is 9.59 Å². The summed E-state index contributed by atoms with van der Waals surface area (Å²) in [5, 5.41) is 3.01. The highest BCUT2D eigenvalue weighted by atomic mass is 16.5. The number of likely N-dealkylation sites (tertiary alicyclic amines) is 1. The molecule has 2 amide bonds. The third-order valence-corrected chi connectivity index (χ3v) is 5.15. The van der Waals surface area contributed by atoms with E-state index in [-0.39, 0.29) is 23.8 Å². The second-order valence-corrected chi connectivity index (χ2v) is 7.60. The number of rotatable bonds is 8. The van der Waals surface area contributed by atoms with Crippen LogP contribution in [0, 0.1) is 11.8 Å². The van der Waals surface area contributed by atoms with E-state index in [4.69, 9.17) is 4.74 Å². The lowest BCUT2D eigenvalue weighted by molar-refractivity contribution is -0.139. The smallest absolute Gasteiger partial charge is 0.224 e. The first-order chi connectivity index (χ1) is 11.6. The van der Waals surface area contributed by atoms with Crippen LogP contribution in [0.3, 0.4) is 0 Å². The lowest BCUT2D eigenvalue weighted by atomic mass is 9.87. The topological polar surface area (TPSA) is 58.6 Å². The number of ether oxygens (including phenoxy) is 1. The quantitative estimate of drug-likeness (QED) is 0.692. The third kappa shape index (κ3) is 6.42. The van der Waals surface area contributed by atoms with Crippen LogP contribution < -0.4 is 5.32 Å². The molecule has 0 spiro atoms. The zero-order valence-electron chi connectivity index (χ0n) is 15.4. The van der Waals surface area contributed by atoms with Gasteiger partial charge in [0, 0.05) is 32.7 Å². The maximum Gasteiger partial charge on any atom is 0.224 e. The molecule has 2 rings (SSSR count). The van der Waals surface area contributed by atoms with Gasteiger partial charge >= 0.3 is 0 Å². The van der Waals surface area contributed by atoms with Crippen LogP contribution in [0.1, 0.15) is 65.2 Å². The molecule has 0 aromatic carbocycles. The number of amides is 2. The number of nitrogens with one attached hydrogen (secondary N) is 1. The molecule has 1 unspecified atom stereocenters. The van der Waals surface area contributed by atoms with E-state index in [1.807, 2.05) is 18.7 Å². The maximum atomic E-state index is 12.3. The summed E-state index contributed by atoms with van der Waals surface area (Å²) >= 11 is 0. The van der Waals surface area contributed by atoms with Crippen molar-refractivity contribution in [3.8, 4) is 0 Å². The van der Waals surface area contributed by atoms with Crippen LogP contribution >= 0.6 is 0 Å². The summed E-state index contributed by atoms with van der Waals surface area (Å²) < 4.78 is 5.48. The molecule has 1 aliphatic carbocycles. The minimum Gasteiger partial charge on any atom is -0.379 e. The van der Waals surface area contributed by atoms with E-state index >= 15 is 0 Å². The fraction of sp³-hybridized carbons (Fsp3) is 0.895. The molecule has 2 aliphatic rings. The first kappa shape index (κ1) is 19.2. The van der Waals surface area contributed by atoms with E-state index in [2.05, 4.69) is 5.32 Å². The highest BCUT2D eigenvalue weighted by Gasteiger charge is 2.31. The van der Waals surface area contributed by atoms with Crippen LogP contribution in [0.4, 0.5) is 0 Å². The monoisotopic (exact) mass is 338 g/mol. The standard InChI is InChI=1S/C19H34N2O3/c1-15(2)24-12-6-11-20-19(23)17-9-10-18(22)21(14-17)13-16-7-4-3-5-8-16/h15-17H,3-14H2,1-2H3,(H,20,23). The molecule has 1 N–H and O–H groups in total. The molecular formula is C19H34N2O3. The van der Waals surface area contributed by atoms with Crippen molar-refractivity contribution in [2.45, 2.75) is 71.3 Å². The summed E-state index contributed by atoms with van der Waals surface area (Å²) in [6.07, 6.45) is 8.64. The largest absolute Gasteiger partial charge is 0.379 e. The van der Waals surface area contributed by atoms with E-state index in [0.29, 0.717) is 38.5 Å². The summed E-state index contributed by atoms with van der Waals surface area (Å²) in [6.45, 7) is 6.80. The fourth-order valence-electron chi connectivity index (χ4n) is 3.73. The highest BCUT2D eigenvalue weighted by Crippen LogP contribution is 2.27. The average Bonchev–Trinajstić information content (AvgIpc) is 2.57. The molecule has 2 fully saturated rings. The molecule has 138 valence electrons. The van der Waals surface area contributed by atoms with Gasteiger partial charge in [-0.05, 0) is 45.4 Å². The molecule has 1 saturated heterocycles. The summed E-state index contributed by atoms with van der Waals surface area (Å²) in [4.78, 5) is 26.5. The molecule has 0 aromatic heterocycles. The number of hydrogen-bond acceptors (Lipinski definition) is 3. The van der Waals surface area contributed by atoms with E-state index in [1.165, 1.54) is 32.1 Å². The van der Waals surface area contributed by atoms with E-state index in [0.717, 1.165) is 13.0 Å². The Balaban J connectivity index is 1.70. The molecule has 24 heavy (non-hydrogen) atoms. The number of hydrogen-bond donors (Lipinski definition) is 1. The van der Waals surface area contributed by atoms with Gasteiger partial charge in [-0.2, -0.15) is 0 Å². The lowest BCUT2D eigenvalue weighted by Crippen LogP contribution is -2.47. The van der Waals surface area contributed by atoms with Gasteiger partial charge in [-0.25, -0.2) is 0 Å². The molecule has 0 radical (unpaired) electrons. The number of carbonyl (C=O) groups is 2. The second-order valence-electron chi connectivity index (χ2n) is 7.60. The normalized spacial score (nSPS) is 22.9. The van der Waals surface area contributed by atoms with Crippen LogP contribution in [0.2, 0.25) is 0 Å². The summed E-state index contributed by atoms with van der Waals surface area (Å²) in [5.41, 5.74) is 0. The molecular weight excluding hydrogens is 304 g/mol. The first-order valence-corrected chi connectivity index (χ1v) is 9.73. The Bertz CT molecular complexity index is 405. The van der Waals surface area contributed by atoms with Crippen molar-refractivity contribution in [1.82, 2.24) is 10.2 Å². The Labute approximate surface area is 146 Å². The molecule has 1 heterocycles. The Morgan fingerprint density at radius 2 is 2.00 bits per heavy atom. The van der Waals surface area contributed by atoms with Crippen molar-refractivity contribution in [3.63, 3.8) is 0 Å². The van der Waals surface area contributed by atoms with E-state index in [9.17, 15) is 9.59 Å². The van der Waals surface area contributed by atoms with Crippen LogP contribution in [0.15, 0.2) is 0 Å². The summed E-state index contributed by atoms with van der Waals surface area (Å²) in [6, 6.07) is 0. The Morgan fingerprint density at radius 3 is 2.71 bits per heavy atom. The fourth-order valence-corrected chi connectivity index (χ4v) is 3.73. The third-order valence-electron chi connectivity index (χ3n) is 5.15. The van der Waals surface area contributed by atoms with Gasteiger partial charge in [0.1, 0.15) is 0 Å². The molecule has 0 bridgehead atoms. The van der Waals surface area contributed by atoms with Crippen molar-refractivity contribution >= 4 is 11.8 Å². The Kier molecular flexibility index (Phi) is 8.03. The average molecular weight is 338 g/mol. The van der Waals surface area contributed by atoms with E-state index in [1.54, 1.807) is 0 Å². The van der Waals surface area contributed by atoms with E-state index < -0.39 is 0 Å². The molecule has 0 aromatic rings. The molecule has 1 aliphatic heterocycles. The van der Waals surface area contributed by atoms with Crippen molar-refractivity contribution < 1.29 is 14.3 Å². The van der Waals surface area contributed by atoms with Crippen molar-refractivity contribution in [1.29, 1.82) is 0 Å². The van der Waals surface area contributed by atoms with Gasteiger partial charge in [-0.1, -0.05) is 19.3 Å². The van der Waals surface area contributed by atoms with Gasteiger partial charge < -0.3 is 15.0 Å². The summed E-state index contributed by atoms with van der Waals surface area (Å²) in [5.74, 6) is 0.922. The summed E-state index contributed by atoms with van der Waals surface area (Å²) in [7, 11) is 0. The van der Waals surface area contributed by atoms with Crippen molar-refractivity contribution in [3.05, 3.63) is 0 Å².